The van der Waals surface area contributed by atoms with Gasteiger partial charge < -0.3 is 10.2 Å². The molecule has 3 N–H and O–H groups in total. The highest BCUT2D eigenvalue weighted by Crippen LogP contribution is 2.31. The van der Waals surface area contributed by atoms with Crippen LogP contribution in [0.5, 0.6) is 0 Å². The summed E-state index contributed by atoms with van der Waals surface area (Å²) < 4.78 is 0. The molecule has 0 saturated carbocycles. The first-order valence-corrected chi connectivity index (χ1v) is 10.6. The Balaban J connectivity index is 2.14. The zero-order valence-corrected chi connectivity index (χ0v) is 18.0. The molecule has 4 atom stereocenters. The number of nitrogens with zero attached hydrogens (tertiary/aromatic N) is 2. The van der Waals surface area contributed by atoms with E-state index in [0.29, 0.717) is 0 Å². The molecule has 0 aliphatic carbocycles. The van der Waals surface area contributed by atoms with Gasteiger partial charge in [-0.05, 0) is 27.2 Å². The molecule has 0 radical (unpaired) electrons. The van der Waals surface area contributed by atoms with Crippen LogP contribution in [0.4, 0.5) is 4.79 Å². The van der Waals surface area contributed by atoms with Crippen molar-refractivity contribution in [1.29, 1.82) is 0 Å². The van der Waals surface area contributed by atoms with Gasteiger partial charge in [-0.1, -0.05) is 19.8 Å². The van der Waals surface area contributed by atoms with E-state index in [0.717, 1.165) is 19.3 Å². The van der Waals surface area contributed by atoms with Gasteiger partial charge in [0.2, 0.25) is 11.8 Å². The van der Waals surface area contributed by atoms with Crippen LogP contribution in [-0.4, -0.2) is 70.7 Å². The van der Waals surface area contributed by atoms with Gasteiger partial charge >= 0.3 is 6.03 Å². The average Bonchev–Trinajstić information content (AvgIpc) is 2.59. The summed E-state index contributed by atoms with van der Waals surface area (Å²) >= 11 is 1.43. The number of imide groups is 1. The smallest absolute Gasteiger partial charge is 0.327 e. The van der Waals surface area contributed by atoms with Gasteiger partial charge in [-0.3, -0.25) is 25.1 Å². The number of carbonyl (C=O) groups excluding carboxylic acids is 3. The summed E-state index contributed by atoms with van der Waals surface area (Å²) in [4.78, 5) is 40.1. The number of fused-ring (bicyclic) bond motifs is 1. The van der Waals surface area contributed by atoms with E-state index in [1.807, 2.05) is 20.8 Å². The summed E-state index contributed by atoms with van der Waals surface area (Å²) in [6.07, 6.45) is 2.64. The number of carbonyl (C=O) groups is 3. The third-order valence-corrected chi connectivity index (χ3v) is 6.00. The number of hydrogen-bond acceptors (Lipinski definition) is 6. The summed E-state index contributed by atoms with van der Waals surface area (Å²) in [5, 5.41) is 9.60. The van der Waals surface area contributed by atoms with Crippen molar-refractivity contribution in [3.63, 3.8) is 0 Å². The molecule has 2 heterocycles. The van der Waals surface area contributed by atoms with Gasteiger partial charge in [0.15, 0.2) is 0 Å². The van der Waals surface area contributed by atoms with Crippen molar-refractivity contribution in [2.45, 2.75) is 70.2 Å². The van der Waals surface area contributed by atoms with Gasteiger partial charge in [0.05, 0.1) is 29.4 Å². The predicted octanol–water partition coefficient (Wildman–Crippen LogP) is 1.14. The molecule has 4 unspecified atom stereocenters. The van der Waals surface area contributed by atoms with Crippen molar-refractivity contribution in [2.24, 2.45) is 5.92 Å². The van der Waals surface area contributed by atoms with Gasteiger partial charge in [0.1, 0.15) is 0 Å². The Hall–Kier alpha value is -1.32. The van der Waals surface area contributed by atoms with E-state index in [2.05, 4.69) is 22.9 Å². The molecule has 0 bridgehead atoms. The minimum absolute atomic E-state index is 0.000772. The summed E-state index contributed by atoms with van der Waals surface area (Å²) in [5.41, 5.74) is -0.293. The van der Waals surface area contributed by atoms with E-state index in [1.165, 1.54) is 23.7 Å². The van der Waals surface area contributed by atoms with Crippen molar-refractivity contribution < 1.29 is 14.4 Å². The Morgan fingerprint density at radius 2 is 1.89 bits per heavy atom. The lowest BCUT2D eigenvalue weighted by Gasteiger charge is -2.50. The van der Waals surface area contributed by atoms with Crippen molar-refractivity contribution in [3.05, 3.63) is 0 Å². The molecule has 0 aromatic carbocycles. The molecule has 2 fully saturated rings. The van der Waals surface area contributed by atoms with Crippen molar-refractivity contribution in [1.82, 2.24) is 25.8 Å². The Morgan fingerprint density at radius 3 is 2.48 bits per heavy atom. The highest BCUT2D eigenvalue weighted by Gasteiger charge is 2.50. The Kier molecular flexibility index (Phi) is 7.15. The van der Waals surface area contributed by atoms with E-state index in [9.17, 15) is 14.4 Å². The highest BCUT2D eigenvalue weighted by molar-refractivity contribution is 8.00. The minimum atomic E-state index is -0.442. The molecule has 0 spiro atoms. The largest absolute Gasteiger partial charge is 0.351 e. The van der Waals surface area contributed by atoms with Crippen molar-refractivity contribution in [3.8, 4) is 0 Å². The third kappa shape index (κ3) is 5.36. The maximum atomic E-state index is 12.8. The molecule has 154 valence electrons. The molecule has 27 heavy (non-hydrogen) atoms. The van der Waals surface area contributed by atoms with E-state index in [-0.39, 0.29) is 46.8 Å². The summed E-state index contributed by atoms with van der Waals surface area (Å²) in [7, 11) is 3.22. The second-order valence-corrected chi connectivity index (χ2v) is 9.45. The number of thioether (sulfide) groups is 1. The molecule has 9 heteroatoms. The Bertz CT molecular complexity index is 580. The normalized spacial score (nSPS) is 29.0. The zero-order valence-electron chi connectivity index (χ0n) is 17.2. The van der Waals surface area contributed by atoms with E-state index < -0.39 is 5.92 Å². The molecule has 2 aliphatic rings. The Morgan fingerprint density at radius 1 is 1.22 bits per heavy atom. The molecule has 8 nitrogen and oxygen atoms in total. The molecule has 2 aliphatic heterocycles. The van der Waals surface area contributed by atoms with E-state index in [4.69, 9.17) is 0 Å². The standard InChI is InChI=1S/C18H33N5O3S/c1-7-8-9-11-19-14-13(16(25)23(6)17(26)22(14)5)15(20-11)27-10-12(24)21-18(2,3)4/h11,13-15,19-20H,7-10H2,1-6H3,(H,21,24). The second-order valence-electron chi connectivity index (χ2n) is 8.32. The molecule has 2 saturated heterocycles. The van der Waals surface area contributed by atoms with Gasteiger partial charge in [-0.15, -0.1) is 11.8 Å². The molecular formula is C18H33N5O3S. The van der Waals surface area contributed by atoms with Gasteiger partial charge in [0.25, 0.3) is 0 Å². The number of urea groups is 1. The number of amides is 4. The van der Waals surface area contributed by atoms with Crippen molar-refractivity contribution >= 4 is 29.6 Å². The first-order chi connectivity index (χ1) is 12.5. The van der Waals surface area contributed by atoms with Gasteiger partial charge in [0, 0.05) is 19.6 Å². The van der Waals surface area contributed by atoms with E-state index >= 15 is 0 Å². The first-order valence-electron chi connectivity index (χ1n) is 9.54. The van der Waals surface area contributed by atoms with Crippen LogP contribution in [0, 0.1) is 5.92 Å². The number of hydrogen-bond donors (Lipinski definition) is 3. The van der Waals surface area contributed by atoms with Crippen LogP contribution in [0.2, 0.25) is 0 Å². The maximum absolute atomic E-state index is 12.8. The minimum Gasteiger partial charge on any atom is -0.351 e. The lowest BCUT2D eigenvalue weighted by molar-refractivity contribution is -0.140. The van der Waals surface area contributed by atoms with Crippen LogP contribution >= 0.6 is 11.8 Å². The fourth-order valence-electron chi connectivity index (χ4n) is 3.46. The number of rotatable bonds is 6. The van der Waals surface area contributed by atoms with Crippen LogP contribution in [0.3, 0.4) is 0 Å². The van der Waals surface area contributed by atoms with Crippen molar-refractivity contribution in [2.75, 3.05) is 19.8 Å². The fraction of sp³-hybridized carbons (Fsp3) is 0.833. The van der Waals surface area contributed by atoms with Gasteiger partial charge in [-0.25, -0.2) is 4.79 Å². The monoisotopic (exact) mass is 399 g/mol. The molecular weight excluding hydrogens is 366 g/mol. The lowest BCUT2D eigenvalue weighted by atomic mass is 9.96. The van der Waals surface area contributed by atoms with Crippen LogP contribution in [0.15, 0.2) is 0 Å². The van der Waals surface area contributed by atoms with Crippen LogP contribution in [0.25, 0.3) is 0 Å². The van der Waals surface area contributed by atoms with Gasteiger partial charge in [-0.2, -0.15) is 0 Å². The van der Waals surface area contributed by atoms with E-state index in [1.54, 1.807) is 11.9 Å². The average molecular weight is 400 g/mol. The Labute approximate surface area is 166 Å². The topological polar surface area (TPSA) is 93.8 Å². The zero-order chi connectivity index (χ0) is 20.4. The summed E-state index contributed by atoms with van der Waals surface area (Å²) in [6, 6.07) is -0.306. The van der Waals surface area contributed by atoms with Crippen LogP contribution in [0.1, 0.15) is 47.0 Å². The number of unbranched alkanes of at least 4 members (excludes halogenated alkanes) is 1. The third-order valence-electron chi connectivity index (χ3n) is 4.78. The molecule has 0 aromatic heterocycles. The summed E-state index contributed by atoms with van der Waals surface area (Å²) in [6.45, 7) is 7.95. The second kappa shape index (κ2) is 8.79. The first kappa shape index (κ1) is 22.0. The highest BCUT2D eigenvalue weighted by atomic mass is 32.2. The number of nitrogens with one attached hydrogen (secondary N) is 3. The van der Waals surface area contributed by atoms with Crippen LogP contribution < -0.4 is 16.0 Å². The fourth-order valence-corrected chi connectivity index (χ4v) is 4.60. The maximum Gasteiger partial charge on any atom is 0.327 e. The molecule has 0 aromatic rings. The summed E-state index contributed by atoms with van der Waals surface area (Å²) in [5.74, 6) is -0.461. The van der Waals surface area contributed by atoms with Crippen LogP contribution in [-0.2, 0) is 9.59 Å². The molecule has 2 rings (SSSR count). The SMILES string of the molecule is CCCCC1NC(SCC(=O)NC(C)(C)C)C2C(=O)N(C)C(=O)N(C)C2N1. The predicted molar refractivity (Wildman–Crippen MR) is 107 cm³/mol. The molecule has 4 amide bonds. The quantitative estimate of drug-likeness (QED) is 0.620. The lowest BCUT2D eigenvalue weighted by Crippen LogP contribution is -2.74.